The van der Waals surface area contributed by atoms with Gasteiger partial charge in [0.25, 0.3) is 5.91 Å². The molecule has 2 aromatic heterocycles. The number of hydrogen-bond donors (Lipinski definition) is 3. The first-order valence-corrected chi connectivity index (χ1v) is 20.8. The van der Waals surface area contributed by atoms with E-state index in [1.165, 1.54) is 6.33 Å². The molecule has 0 radical (unpaired) electrons. The van der Waals surface area contributed by atoms with Crippen LogP contribution in [0.1, 0.15) is 56.9 Å². The first-order valence-electron chi connectivity index (χ1n) is 20.8. The van der Waals surface area contributed by atoms with Crippen molar-refractivity contribution in [1.82, 2.24) is 35.4 Å². The molecule has 2 amide bonds. The van der Waals surface area contributed by atoms with E-state index in [1.54, 1.807) is 72.9 Å². The second-order valence-electron chi connectivity index (χ2n) is 14.2. The normalized spacial score (nSPS) is 10.7. The highest BCUT2D eigenvalue weighted by atomic mass is 16.5. The van der Waals surface area contributed by atoms with Gasteiger partial charge in [0.1, 0.15) is 42.0 Å². The van der Waals surface area contributed by atoms with Crippen LogP contribution in [0.15, 0.2) is 116 Å². The third-order valence-corrected chi connectivity index (χ3v) is 9.62. The summed E-state index contributed by atoms with van der Waals surface area (Å²) in [6.45, 7) is 3.47. The van der Waals surface area contributed by atoms with Crippen molar-refractivity contribution >= 4 is 23.3 Å². The molecular weight excluding hydrogens is 817 g/mol. The average molecular weight is 867 g/mol. The molecule has 0 spiro atoms. The molecule has 0 aliphatic carbocycles. The van der Waals surface area contributed by atoms with Gasteiger partial charge in [0.05, 0.1) is 39.6 Å². The fourth-order valence-corrected chi connectivity index (χ4v) is 6.22. The van der Waals surface area contributed by atoms with Gasteiger partial charge in [-0.3, -0.25) is 14.4 Å². The lowest BCUT2D eigenvalue weighted by atomic mass is 10.0. The molecule has 0 saturated carbocycles. The van der Waals surface area contributed by atoms with Crippen molar-refractivity contribution in [3.63, 3.8) is 0 Å². The third kappa shape index (κ3) is 14.5. The van der Waals surface area contributed by atoms with Crippen LogP contribution in [0.4, 0.5) is 5.69 Å². The van der Waals surface area contributed by atoms with E-state index in [1.807, 2.05) is 48.0 Å². The zero-order valence-electron chi connectivity index (χ0n) is 35.5. The highest BCUT2D eigenvalue weighted by Crippen LogP contribution is 2.20. The van der Waals surface area contributed by atoms with Crippen molar-refractivity contribution in [2.45, 2.75) is 32.4 Å². The molecule has 0 unspecified atom stereocenters. The SMILES string of the molecule is C#COc1ccc(C(=O)c2ccc(OCCCCC(=O)NCCOCCOCCOc3cccc(CNC(=O)c4cccc(NCc5nnc(-c6ccncn6)n5C)c4)c3)cc2)cc1. The minimum atomic E-state index is -0.204. The van der Waals surface area contributed by atoms with Gasteiger partial charge >= 0.3 is 0 Å². The van der Waals surface area contributed by atoms with E-state index in [9.17, 15) is 14.4 Å². The van der Waals surface area contributed by atoms with Crippen molar-refractivity contribution in [2.24, 2.45) is 7.05 Å². The molecule has 0 saturated heterocycles. The molecule has 0 aliphatic rings. The highest BCUT2D eigenvalue weighted by molar-refractivity contribution is 6.09. The summed E-state index contributed by atoms with van der Waals surface area (Å²) in [4.78, 5) is 46.1. The minimum Gasteiger partial charge on any atom is -0.494 e. The van der Waals surface area contributed by atoms with Gasteiger partial charge in [-0.05, 0) is 103 Å². The number of hydrogen-bond acceptors (Lipinski definition) is 13. The lowest BCUT2D eigenvalue weighted by molar-refractivity contribution is -0.121. The number of benzene rings is 4. The van der Waals surface area contributed by atoms with Crippen molar-refractivity contribution in [3.8, 4) is 41.3 Å². The monoisotopic (exact) mass is 866 g/mol. The van der Waals surface area contributed by atoms with Gasteiger partial charge in [-0.15, -0.1) is 10.2 Å². The van der Waals surface area contributed by atoms with Gasteiger partial charge in [0.2, 0.25) is 5.91 Å². The summed E-state index contributed by atoms with van der Waals surface area (Å²) >= 11 is 0. The Bertz CT molecular complexity index is 2460. The van der Waals surface area contributed by atoms with Gasteiger partial charge < -0.3 is 44.2 Å². The molecule has 0 atom stereocenters. The van der Waals surface area contributed by atoms with Crippen LogP contribution in [0.25, 0.3) is 11.5 Å². The number of ether oxygens (including phenoxy) is 5. The lowest BCUT2D eigenvalue weighted by Crippen LogP contribution is -2.27. The largest absolute Gasteiger partial charge is 0.494 e. The van der Waals surface area contributed by atoms with Crippen LogP contribution in [0, 0.1) is 12.5 Å². The van der Waals surface area contributed by atoms with Crippen molar-refractivity contribution < 1.29 is 38.1 Å². The topological polar surface area (TPSA) is 190 Å². The maximum absolute atomic E-state index is 13.0. The molecule has 4 aromatic carbocycles. The molecule has 0 fully saturated rings. The Labute approximate surface area is 371 Å². The minimum absolute atomic E-state index is 0.0467. The molecule has 6 aromatic rings. The Morgan fingerprint density at radius 2 is 1.44 bits per heavy atom. The zero-order chi connectivity index (χ0) is 44.8. The van der Waals surface area contributed by atoms with Gasteiger partial charge in [-0.25, -0.2) is 9.97 Å². The van der Waals surface area contributed by atoms with Gasteiger partial charge in [0, 0.05) is 55.1 Å². The van der Waals surface area contributed by atoms with E-state index >= 15 is 0 Å². The Balaban J connectivity index is 0.759. The van der Waals surface area contributed by atoms with E-state index < -0.39 is 0 Å². The van der Waals surface area contributed by atoms with Crippen LogP contribution < -0.4 is 30.2 Å². The molecule has 330 valence electrons. The number of anilines is 1. The number of nitrogens with one attached hydrogen (secondary N) is 3. The number of unbranched alkanes of at least 4 members (excludes halogenated alkanes) is 1. The third-order valence-electron chi connectivity index (χ3n) is 9.62. The molecular formula is C48H50N8O8. The number of nitrogens with zero attached hydrogens (tertiary/aromatic N) is 5. The molecule has 16 nitrogen and oxygen atoms in total. The van der Waals surface area contributed by atoms with E-state index in [2.05, 4.69) is 42.2 Å². The van der Waals surface area contributed by atoms with E-state index in [0.717, 1.165) is 11.3 Å². The van der Waals surface area contributed by atoms with Gasteiger partial charge in [-0.1, -0.05) is 24.6 Å². The summed E-state index contributed by atoms with van der Waals surface area (Å²) in [6, 6.07) is 30.2. The summed E-state index contributed by atoms with van der Waals surface area (Å²) in [5.74, 6) is 2.80. The lowest BCUT2D eigenvalue weighted by Gasteiger charge is -2.11. The predicted molar refractivity (Wildman–Crippen MR) is 239 cm³/mol. The number of aromatic nitrogens is 5. The Morgan fingerprint density at radius 1 is 0.703 bits per heavy atom. The van der Waals surface area contributed by atoms with Crippen molar-refractivity contribution in [2.75, 3.05) is 51.5 Å². The first kappa shape index (κ1) is 45.9. The standard InChI is InChI=1S/C48H50N8O8/c1-3-62-40-17-13-36(14-18-40)46(58)37-15-19-41(20-16-37)63-24-5-4-12-45(57)50-23-25-60-26-27-61-28-29-64-42-11-6-8-35(30-42)32-52-48(59)38-9-7-10-39(31-38)51-33-44-54-55-47(56(44)2)43-21-22-49-34-53-43/h1,6-11,13-22,30-31,34,51H,4-5,12,23-29,32-33H2,2H3,(H,50,57)(H,52,59). The summed E-state index contributed by atoms with van der Waals surface area (Å²) in [5, 5.41) is 17.7. The van der Waals surface area contributed by atoms with Crippen LogP contribution in [-0.2, 0) is 34.4 Å². The quantitative estimate of drug-likeness (QED) is 0.0338. The fourth-order valence-electron chi connectivity index (χ4n) is 6.22. The molecule has 0 aliphatic heterocycles. The summed E-state index contributed by atoms with van der Waals surface area (Å²) < 4.78 is 29.7. The molecule has 64 heavy (non-hydrogen) atoms. The summed E-state index contributed by atoms with van der Waals surface area (Å²) in [5.41, 5.74) is 3.93. The molecule has 6 rings (SSSR count). The van der Waals surface area contributed by atoms with Crippen LogP contribution in [0.5, 0.6) is 17.2 Å². The van der Waals surface area contributed by atoms with Crippen LogP contribution in [0.2, 0.25) is 0 Å². The number of amides is 2. The van der Waals surface area contributed by atoms with Crippen molar-refractivity contribution in [3.05, 3.63) is 144 Å². The summed E-state index contributed by atoms with van der Waals surface area (Å²) in [7, 11) is 1.87. The molecule has 3 N–H and O–H groups in total. The van der Waals surface area contributed by atoms with Gasteiger partial charge in [0.15, 0.2) is 17.4 Å². The maximum atomic E-state index is 13.0. The fraction of sp³-hybridized carbons (Fsp3) is 0.271. The number of terminal acetylenes is 1. The van der Waals surface area contributed by atoms with E-state index in [4.69, 9.17) is 30.1 Å². The Hall–Kier alpha value is -7.61. The van der Waals surface area contributed by atoms with Crippen LogP contribution >= 0.6 is 0 Å². The number of rotatable bonds is 26. The molecule has 0 bridgehead atoms. The van der Waals surface area contributed by atoms with E-state index in [-0.39, 0.29) is 17.6 Å². The maximum Gasteiger partial charge on any atom is 0.251 e. The second-order valence-corrected chi connectivity index (χ2v) is 14.2. The predicted octanol–water partition coefficient (Wildman–Crippen LogP) is 5.79. The zero-order valence-corrected chi connectivity index (χ0v) is 35.5. The van der Waals surface area contributed by atoms with Gasteiger partial charge in [-0.2, -0.15) is 0 Å². The molecule has 16 heteroatoms. The number of carbonyl (C=O) groups excluding carboxylic acids is 3. The van der Waals surface area contributed by atoms with Crippen LogP contribution in [0.3, 0.4) is 0 Å². The average Bonchev–Trinajstić information content (AvgIpc) is 3.70. The second kappa shape index (κ2) is 24.7. The van der Waals surface area contributed by atoms with E-state index in [0.29, 0.717) is 130 Å². The Morgan fingerprint density at radius 3 is 2.20 bits per heavy atom. The summed E-state index contributed by atoms with van der Waals surface area (Å²) in [6.07, 6.45) is 12.1. The first-order chi connectivity index (χ1) is 31.4. The highest BCUT2D eigenvalue weighted by Gasteiger charge is 2.13. The number of carbonyl (C=O) groups is 3. The van der Waals surface area contributed by atoms with Crippen molar-refractivity contribution in [1.29, 1.82) is 0 Å². The van der Waals surface area contributed by atoms with Crippen LogP contribution in [-0.4, -0.2) is 88.5 Å². The Kier molecular flexibility index (Phi) is 17.7. The number of ketones is 1. The molecule has 2 heterocycles. The smallest absolute Gasteiger partial charge is 0.251 e.